The van der Waals surface area contributed by atoms with Crippen LogP contribution < -0.4 is 0 Å². The zero-order valence-corrected chi connectivity index (χ0v) is 14.1. The number of nitriles is 1. The minimum atomic E-state index is 0.0652. The molecule has 0 saturated heterocycles. The predicted molar refractivity (Wildman–Crippen MR) is 87.0 cm³/mol. The van der Waals surface area contributed by atoms with Crippen molar-refractivity contribution in [3.63, 3.8) is 0 Å². The normalized spacial score (nSPS) is 32.2. The highest BCUT2D eigenvalue weighted by molar-refractivity contribution is 5.72. The first-order chi connectivity index (χ1) is 10.7. The number of hydrogen-bond acceptors (Lipinski definition) is 3. The Morgan fingerprint density at radius 3 is 2.18 bits per heavy atom. The molecule has 0 unspecified atom stereocenters. The van der Waals surface area contributed by atoms with Crippen molar-refractivity contribution in [2.24, 2.45) is 17.8 Å². The van der Waals surface area contributed by atoms with E-state index >= 15 is 0 Å². The summed E-state index contributed by atoms with van der Waals surface area (Å²) in [7, 11) is 0. The Morgan fingerprint density at radius 1 is 1.00 bits per heavy atom. The van der Waals surface area contributed by atoms with Crippen LogP contribution in [-0.4, -0.2) is 12.1 Å². The second kappa shape index (κ2) is 9.18. The maximum Gasteiger partial charge on any atom is 0.309 e. The molecule has 3 nitrogen and oxygen atoms in total. The number of carbonyl (C=O) groups is 1. The van der Waals surface area contributed by atoms with Crippen LogP contribution in [0.4, 0.5) is 0 Å². The highest BCUT2D eigenvalue weighted by Gasteiger charge is 2.30. The lowest BCUT2D eigenvalue weighted by molar-refractivity contribution is -0.157. The van der Waals surface area contributed by atoms with Gasteiger partial charge in [-0.2, -0.15) is 5.26 Å². The first-order valence-electron chi connectivity index (χ1n) is 9.30. The Morgan fingerprint density at radius 2 is 1.59 bits per heavy atom. The van der Waals surface area contributed by atoms with Crippen molar-refractivity contribution in [1.29, 1.82) is 5.26 Å². The number of rotatable bonds is 6. The van der Waals surface area contributed by atoms with Crippen LogP contribution in [0.5, 0.6) is 0 Å². The minimum absolute atomic E-state index is 0.0652. The summed E-state index contributed by atoms with van der Waals surface area (Å²) in [6.07, 6.45) is 13.1. The molecule has 2 fully saturated rings. The number of esters is 1. The molecular formula is C19H31NO2. The molecule has 2 saturated carbocycles. The van der Waals surface area contributed by atoms with E-state index in [1.165, 1.54) is 25.7 Å². The number of nitrogens with zero attached hydrogens (tertiary/aromatic N) is 1. The standard InChI is InChI=1S/C19H31NO2/c1-2-4-15-6-10-17(11-7-15)19(21)22-18-12-8-16(9-13-18)5-3-14-20/h15-18H,2-13H2,1H3/t15-,16-,17-,18-. The van der Waals surface area contributed by atoms with Crippen LogP contribution in [0.3, 0.4) is 0 Å². The summed E-state index contributed by atoms with van der Waals surface area (Å²) >= 11 is 0. The van der Waals surface area contributed by atoms with Gasteiger partial charge in [0.15, 0.2) is 0 Å². The van der Waals surface area contributed by atoms with Gasteiger partial charge in [0.1, 0.15) is 6.10 Å². The van der Waals surface area contributed by atoms with Crippen LogP contribution in [0.2, 0.25) is 0 Å². The predicted octanol–water partition coefficient (Wildman–Crippen LogP) is 5.00. The van der Waals surface area contributed by atoms with Crippen LogP contribution >= 0.6 is 0 Å². The third-order valence-electron chi connectivity index (χ3n) is 5.62. The number of hydrogen-bond donors (Lipinski definition) is 0. The van der Waals surface area contributed by atoms with E-state index < -0.39 is 0 Å². The molecule has 2 aliphatic carbocycles. The van der Waals surface area contributed by atoms with E-state index in [0.29, 0.717) is 12.3 Å². The Balaban J connectivity index is 1.65. The first kappa shape index (κ1) is 17.3. The second-order valence-corrected chi connectivity index (χ2v) is 7.28. The van der Waals surface area contributed by atoms with Crippen LogP contribution in [-0.2, 0) is 9.53 Å². The van der Waals surface area contributed by atoms with E-state index in [2.05, 4.69) is 13.0 Å². The summed E-state index contributed by atoms with van der Waals surface area (Å²) in [4.78, 5) is 12.3. The molecule has 0 amide bonds. The van der Waals surface area contributed by atoms with E-state index in [0.717, 1.165) is 50.9 Å². The fourth-order valence-electron chi connectivity index (χ4n) is 4.16. The molecule has 0 spiro atoms. The van der Waals surface area contributed by atoms with Crippen LogP contribution in [0, 0.1) is 29.1 Å². The molecule has 0 aliphatic heterocycles. The molecule has 0 bridgehead atoms. The van der Waals surface area contributed by atoms with E-state index in [1.54, 1.807) is 0 Å². The van der Waals surface area contributed by atoms with Gasteiger partial charge in [-0.05, 0) is 69.6 Å². The van der Waals surface area contributed by atoms with Gasteiger partial charge in [-0.1, -0.05) is 19.8 Å². The Labute approximate surface area is 135 Å². The average Bonchev–Trinajstić information content (AvgIpc) is 2.55. The maximum absolute atomic E-state index is 12.3. The monoisotopic (exact) mass is 305 g/mol. The summed E-state index contributed by atoms with van der Waals surface area (Å²) in [5.74, 6) is 1.73. The van der Waals surface area contributed by atoms with Crippen molar-refractivity contribution in [2.75, 3.05) is 0 Å². The highest BCUT2D eigenvalue weighted by atomic mass is 16.5. The molecule has 0 atom stereocenters. The zero-order valence-electron chi connectivity index (χ0n) is 14.1. The molecule has 0 radical (unpaired) electrons. The molecule has 124 valence electrons. The summed E-state index contributed by atoms with van der Waals surface area (Å²) in [5, 5.41) is 8.64. The Bertz CT molecular complexity index is 371. The van der Waals surface area contributed by atoms with Crippen molar-refractivity contribution in [2.45, 2.75) is 90.1 Å². The fraction of sp³-hybridized carbons (Fsp3) is 0.895. The van der Waals surface area contributed by atoms with Crippen LogP contribution in [0.1, 0.15) is 84.0 Å². The fourth-order valence-corrected chi connectivity index (χ4v) is 4.16. The smallest absolute Gasteiger partial charge is 0.309 e. The SMILES string of the molecule is CCC[C@H]1CC[C@H](C(=O)O[C@H]2CC[C@H](CCC#N)CC2)CC1. The van der Waals surface area contributed by atoms with Crippen LogP contribution in [0.15, 0.2) is 0 Å². The van der Waals surface area contributed by atoms with Crippen molar-refractivity contribution >= 4 is 5.97 Å². The molecule has 22 heavy (non-hydrogen) atoms. The van der Waals surface area contributed by atoms with Gasteiger partial charge in [0.2, 0.25) is 0 Å². The summed E-state index contributed by atoms with van der Waals surface area (Å²) in [5.41, 5.74) is 0. The Hall–Kier alpha value is -1.04. The summed E-state index contributed by atoms with van der Waals surface area (Å²) in [6, 6.07) is 2.23. The van der Waals surface area contributed by atoms with Crippen molar-refractivity contribution in [3.05, 3.63) is 0 Å². The average molecular weight is 305 g/mol. The van der Waals surface area contributed by atoms with Gasteiger partial charge in [0, 0.05) is 6.42 Å². The van der Waals surface area contributed by atoms with E-state index in [4.69, 9.17) is 10.00 Å². The summed E-state index contributed by atoms with van der Waals surface area (Å²) < 4.78 is 5.77. The lowest BCUT2D eigenvalue weighted by Crippen LogP contribution is -2.30. The largest absolute Gasteiger partial charge is 0.462 e. The molecule has 3 heteroatoms. The molecule has 0 aromatic rings. The minimum Gasteiger partial charge on any atom is -0.462 e. The zero-order chi connectivity index (χ0) is 15.8. The van der Waals surface area contributed by atoms with Crippen molar-refractivity contribution in [3.8, 4) is 6.07 Å². The first-order valence-corrected chi connectivity index (χ1v) is 9.30. The van der Waals surface area contributed by atoms with Gasteiger partial charge >= 0.3 is 5.97 Å². The lowest BCUT2D eigenvalue weighted by Gasteiger charge is -2.31. The second-order valence-electron chi connectivity index (χ2n) is 7.28. The van der Waals surface area contributed by atoms with Crippen molar-refractivity contribution in [1.82, 2.24) is 0 Å². The van der Waals surface area contributed by atoms with E-state index in [9.17, 15) is 4.79 Å². The third kappa shape index (κ3) is 5.30. The number of ether oxygens (including phenoxy) is 1. The van der Waals surface area contributed by atoms with Gasteiger partial charge in [-0.3, -0.25) is 4.79 Å². The molecule has 0 aromatic heterocycles. The highest BCUT2D eigenvalue weighted by Crippen LogP contribution is 2.34. The molecule has 2 aliphatic rings. The van der Waals surface area contributed by atoms with Gasteiger partial charge in [-0.15, -0.1) is 0 Å². The van der Waals surface area contributed by atoms with Gasteiger partial charge in [0.05, 0.1) is 12.0 Å². The maximum atomic E-state index is 12.3. The lowest BCUT2D eigenvalue weighted by atomic mass is 9.80. The number of carbonyl (C=O) groups excluding carboxylic acids is 1. The third-order valence-corrected chi connectivity index (χ3v) is 5.62. The van der Waals surface area contributed by atoms with Crippen molar-refractivity contribution < 1.29 is 9.53 Å². The summed E-state index contributed by atoms with van der Waals surface area (Å²) in [6.45, 7) is 2.24. The molecule has 0 heterocycles. The molecule has 0 N–H and O–H groups in total. The van der Waals surface area contributed by atoms with E-state index in [1.807, 2.05) is 0 Å². The van der Waals surface area contributed by atoms with E-state index in [-0.39, 0.29) is 18.0 Å². The molecule has 0 aromatic carbocycles. The van der Waals surface area contributed by atoms with Gasteiger partial charge in [0.25, 0.3) is 0 Å². The van der Waals surface area contributed by atoms with Gasteiger partial charge < -0.3 is 4.74 Å². The topological polar surface area (TPSA) is 50.1 Å². The Kier molecular flexibility index (Phi) is 7.22. The van der Waals surface area contributed by atoms with Crippen LogP contribution in [0.25, 0.3) is 0 Å². The molecular weight excluding hydrogens is 274 g/mol. The quantitative estimate of drug-likeness (QED) is 0.649. The van der Waals surface area contributed by atoms with Gasteiger partial charge in [-0.25, -0.2) is 0 Å². The molecule has 2 rings (SSSR count).